The van der Waals surface area contributed by atoms with Crippen LogP contribution in [0.4, 0.5) is 0 Å². The fraction of sp³-hybridized carbons (Fsp3) is 0.400. The van der Waals surface area contributed by atoms with Gasteiger partial charge in [-0.1, -0.05) is 31.2 Å². The normalized spacial score (nSPS) is 26.9. The Balaban J connectivity index is 2.20. The molecule has 1 aliphatic carbocycles. The SMILES string of the molecule is CC1CCC(O)(c2nccn2C)c2ccccc21. The fourth-order valence-electron chi connectivity index (χ4n) is 3.02. The van der Waals surface area contributed by atoms with E-state index in [0.717, 1.165) is 24.2 Å². The molecule has 0 saturated carbocycles. The second kappa shape index (κ2) is 3.95. The van der Waals surface area contributed by atoms with Crippen molar-refractivity contribution in [3.63, 3.8) is 0 Å². The lowest BCUT2D eigenvalue weighted by molar-refractivity contribution is 0.0463. The van der Waals surface area contributed by atoms with Crippen LogP contribution in [0.5, 0.6) is 0 Å². The number of nitrogens with zero attached hydrogens (tertiary/aromatic N) is 2. The Kier molecular flexibility index (Phi) is 2.52. The molecule has 94 valence electrons. The van der Waals surface area contributed by atoms with E-state index < -0.39 is 5.60 Å². The number of benzene rings is 1. The molecule has 2 aromatic rings. The van der Waals surface area contributed by atoms with Gasteiger partial charge in [-0.05, 0) is 29.9 Å². The molecule has 0 amide bonds. The van der Waals surface area contributed by atoms with Gasteiger partial charge in [0.05, 0.1) is 0 Å². The number of imidazole rings is 1. The smallest absolute Gasteiger partial charge is 0.147 e. The van der Waals surface area contributed by atoms with Gasteiger partial charge < -0.3 is 9.67 Å². The lowest BCUT2D eigenvalue weighted by Gasteiger charge is -2.36. The summed E-state index contributed by atoms with van der Waals surface area (Å²) in [5, 5.41) is 11.1. The topological polar surface area (TPSA) is 38.1 Å². The summed E-state index contributed by atoms with van der Waals surface area (Å²) in [6, 6.07) is 8.18. The second-order valence-corrected chi connectivity index (χ2v) is 5.25. The van der Waals surface area contributed by atoms with E-state index in [4.69, 9.17) is 0 Å². The highest BCUT2D eigenvalue weighted by Gasteiger charge is 2.40. The Hall–Kier alpha value is -1.61. The zero-order chi connectivity index (χ0) is 12.8. The molecule has 1 aliphatic rings. The van der Waals surface area contributed by atoms with Gasteiger partial charge in [0.25, 0.3) is 0 Å². The Bertz CT molecular complexity index is 575. The van der Waals surface area contributed by atoms with Crippen molar-refractivity contribution >= 4 is 0 Å². The van der Waals surface area contributed by atoms with E-state index in [2.05, 4.69) is 18.0 Å². The van der Waals surface area contributed by atoms with Crippen LogP contribution in [0.15, 0.2) is 36.7 Å². The van der Waals surface area contributed by atoms with Crippen molar-refractivity contribution in [2.75, 3.05) is 0 Å². The van der Waals surface area contributed by atoms with E-state index in [1.807, 2.05) is 36.0 Å². The van der Waals surface area contributed by atoms with Crippen molar-refractivity contribution in [2.24, 2.45) is 7.05 Å². The molecule has 0 saturated heterocycles. The van der Waals surface area contributed by atoms with E-state index in [-0.39, 0.29) is 0 Å². The van der Waals surface area contributed by atoms with Crippen molar-refractivity contribution in [1.29, 1.82) is 0 Å². The van der Waals surface area contributed by atoms with Gasteiger partial charge in [-0.15, -0.1) is 0 Å². The van der Waals surface area contributed by atoms with E-state index in [0.29, 0.717) is 5.92 Å². The highest BCUT2D eigenvalue weighted by atomic mass is 16.3. The van der Waals surface area contributed by atoms with Gasteiger partial charge in [0.15, 0.2) is 0 Å². The molecule has 1 heterocycles. The maximum Gasteiger partial charge on any atom is 0.147 e. The molecule has 1 aromatic heterocycles. The second-order valence-electron chi connectivity index (χ2n) is 5.25. The zero-order valence-corrected chi connectivity index (χ0v) is 10.8. The standard InChI is InChI=1S/C15H18N2O/c1-11-7-8-15(18,14-16-9-10-17(14)2)13-6-4-3-5-12(11)13/h3-6,9-11,18H,7-8H2,1-2H3. The summed E-state index contributed by atoms with van der Waals surface area (Å²) in [7, 11) is 1.93. The van der Waals surface area contributed by atoms with Crippen molar-refractivity contribution in [1.82, 2.24) is 9.55 Å². The number of aliphatic hydroxyl groups is 1. The molecule has 1 aromatic carbocycles. The monoisotopic (exact) mass is 242 g/mol. The molecule has 18 heavy (non-hydrogen) atoms. The van der Waals surface area contributed by atoms with E-state index in [1.54, 1.807) is 6.20 Å². The fourth-order valence-corrected chi connectivity index (χ4v) is 3.02. The van der Waals surface area contributed by atoms with Gasteiger partial charge in [0.1, 0.15) is 11.4 Å². The zero-order valence-electron chi connectivity index (χ0n) is 10.8. The third-order valence-corrected chi connectivity index (χ3v) is 4.07. The van der Waals surface area contributed by atoms with Crippen LogP contribution >= 0.6 is 0 Å². The minimum atomic E-state index is -0.943. The largest absolute Gasteiger partial charge is 0.377 e. The number of aryl methyl sites for hydroxylation is 1. The van der Waals surface area contributed by atoms with Gasteiger partial charge in [-0.3, -0.25) is 0 Å². The van der Waals surface area contributed by atoms with Crippen LogP contribution in [-0.2, 0) is 12.6 Å². The number of rotatable bonds is 1. The van der Waals surface area contributed by atoms with Gasteiger partial charge in [-0.2, -0.15) is 0 Å². The van der Waals surface area contributed by atoms with Crippen LogP contribution in [-0.4, -0.2) is 14.7 Å². The van der Waals surface area contributed by atoms with E-state index in [1.165, 1.54) is 5.56 Å². The van der Waals surface area contributed by atoms with Gasteiger partial charge in [-0.25, -0.2) is 4.98 Å². The molecule has 2 unspecified atom stereocenters. The Morgan fingerprint density at radius 1 is 1.39 bits per heavy atom. The molecule has 3 nitrogen and oxygen atoms in total. The summed E-state index contributed by atoms with van der Waals surface area (Å²) < 4.78 is 1.91. The van der Waals surface area contributed by atoms with Crippen molar-refractivity contribution < 1.29 is 5.11 Å². The Morgan fingerprint density at radius 2 is 2.17 bits per heavy atom. The first-order valence-electron chi connectivity index (χ1n) is 6.42. The molecule has 0 radical (unpaired) electrons. The van der Waals surface area contributed by atoms with Crippen LogP contribution in [0, 0.1) is 0 Å². The first-order valence-corrected chi connectivity index (χ1v) is 6.42. The lowest BCUT2D eigenvalue weighted by atomic mass is 9.74. The quantitative estimate of drug-likeness (QED) is 0.834. The predicted octanol–water partition coefficient (Wildman–Crippen LogP) is 2.55. The van der Waals surface area contributed by atoms with Crippen LogP contribution < -0.4 is 0 Å². The van der Waals surface area contributed by atoms with Gasteiger partial charge in [0.2, 0.25) is 0 Å². The summed E-state index contributed by atoms with van der Waals surface area (Å²) in [6.07, 6.45) is 5.35. The molecular weight excluding hydrogens is 224 g/mol. The summed E-state index contributed by atoms with van der Waals surface area (Å²) in [5.41, 5.74) is 1.31. The minimum absolute atomic E-state index is 0.502. The number of hydrogen-bond acceptors (Lipinski definition) is 2. The summed E-state index contributed by atoms with van der Waals surface area (Å²) in [6.45, 7) is 2.22. The molecule has 3 rings (SSSR count). The molecule has 3 heteroatoms. The number of aromatic nitrogens is 2. The summed E-state index contributed by atoms with van der Waals surface area (Å²) >= 11 is 0. The van der Waals surface area contributed by atoms with Crippen molar-refractivity contribution in [3.8, 4) is 0 Å². The van der Waals surface area contributed by atoms with Crippen LogP contribution in [0.2, 0.25) is 0 Å². The Morgan fingerprint density at radius 3 is 2.89 bits per heavy atom. The van der Waals surface area contributed by atoms with Gasteiger partial charge >= 0.3 is 0 Å². The van der Waals surface area contributed by atoms with E-state index in [9.17, 15) is 5.11 Å². The first kappa shape index (κ1) is 11.5. The van der Waals surface area contributed by atoms with Crippen LogP contribution in [0.25, 0.3) is 0 Å². The van der Waals surface area contributed by atoms with Gasteiger partial charge in [0, 0.05) is 19.4 Å². The molecule has 1 N–H and O–H groups in total. The summed E-state index contributed by atoms with van der Waals surface area (Å²) in [4.78, 5) is 4.35. The first-order chi connectivity index (χ1) is 8.63. The third kappa shape index (κ3) is 1.51. The molecule has 2 atom stereocenters. The maximum atomic E-state index is 11.1. The Labute approximate surface area is 107 Å². The maximum absolute atomic E-state index is 11.1. The van der Waals surface area contributed by atoms with Crippen molar-refractivity contribution in [2.45, 2.75) is 31.3 Å². The highest BCUT2D eigenvalue weighted by Crippen LogP contribution is 2.44. The highest BCUT2D eigenvalue weighted by molar-refractivity contribution is 5.41. The van der Waals surface area contributed by atoms with Crippen LogP contribution in [0.3, 0.4) is 0 Å². The lowest BCUT2D eigenvalue weighted by Crippen LogP contribution is -2.35. The molecule has 0 spiro atoms. The average molecular weight is 242 g/mol. The number of fused-ring (bicyclic) bond motifs is 1. The van der Waals surface area contributed by atoms with Crippen LogP contribution in [0.1, 0.15) is 42.6 Å². The molecule has 0 aliphatic heterocycles. The third-order valence-electron chi connectivity index (χ3n) is 4.07. The van der Waals surface area contributed by atoms with E-state index >= 15 is 0 Å². The molecule has 0 fully saturated rings. The number of hydrogen-bond donors (Lipinski definition) is 1. The minimum Gasteiger partial charge on any atom is -0.377 e. The average Bonchev–Trinajstić information content (AvgIpc) is 2.82. The molecular formula is C15H18N2O. The summed E-state index contributed by atoms with van der Waals surface area (Å²) in [5.74, 6) is 1.24. The molecule has 0 bridgehead atoms. The predicted molar refractivity (Wildman–Crippen MR) is 70.3 cm³/mol. The van der Waals surface area contributed by atoms with Crippen molar-refractivity contribution in [3.05, 3.63) is 53.6 Å².